The van der Waals surface area contributed by atoms with Crippen LogP contribution in [0.25, 0.3) is 0 Å². The molecule has 1 aliphatic heterocycles. The van der Waals surface area contributed by atoms with E-state index in [1.165, 1.54) is 6.07 Å². The highest BCUT2D eigenvalue weighted by atomic mass is 16.6. The van der Waals surface area contributed by atoms with Gasteiger partial charge in [-0.05, 0) is 25.8 Å². The number of esters is 1. The summed E-state index contributed by atoms with van der Waals surface area (Å²) < 4.78 is 10.3. The number of ether oxygens (including phenoxy) is 2. The van der Waals surface area contributed by atoms with E-state index in [-0.39, 0.29) is 23.9 Å². The van der Waals surface area contributed by atoms with Crippen molar-refractivity contribution >= 4 is 28.7 Å². The molecule has 1 fully saturated rings. The summed E-state index contributed by atoms with van der Waals surface area (Å²) in [6.45, 7) is 2.77. The summed E-state index contributed by atoms with van der Waals surface area (Å²) in [5.74, 6) is -0.816. The van der Waals surface area contributed by atoms with Gasteiger partial charge >= 0.3 is 11.7 Å². The molecule has 0 atom stereocenters. The number of hydrogen-bond acceptors (Lipinski definition) is 9. The predicted molar refractivity (Wildman–Crippen MR) is 91.0 cm³/mol. The molecule has 11 nitrogen and oxygen atoms in total. The molecule has 0 aliphatic carbocycles. The average Bonchev–Trinajstić information content (AvgIpc) is 2.62. The molecular weight excluding hydrogens is 348 g/mol. The number of non-ortho nitro benzene ring substituents is 1. The Bertz CT molecular complexity index is 729. The Kier molecular flexibility index (Phi) is 6.55. The summed E-state index contributed by atoms with van der Waals surface area (Å²) in [4.78, 5) is 32.6. The van der Waals surface area contributed by atoms with Crippen molar-refractivity contribution in [3.63, 3.8) is 0 Å². The van der Waals surface area contributed by atoms with E-state index in [2.05, 4.69) is 10.5 Å². The maximum absolute atomic E-state index is 12.2. The minimum absolute atomic E-state index is 0.0607. The lowest BCUT2D eigenvalue weighted by Gasteiger charge is -2.22. The van der Waals surface area contributed by atoms with Gasteiger partial charge in [0.25, 0.3) is 5.69 Å². The van der Waals surface area contributed by atoms with E-state index in [1.807, 2.05) is 0 Å². The molecule has 26 heavy (non-hydrogen) atoms. The molecule has 0 aromatic heterocycles. The molecule has 0 amide bonds. The minimum atomic E-state index is -0.761. The second kappa shape index (κ2) is 8.85. The first-order chi connectivity index (χ1) is 12.4. The van der Waals surface area contributed by atoms with E-state index in [0.717, 1.165) is 12.1 Å². The molecule has 0 bridgehead atoms. The van der Waals surface area contributed by atoms with E-state index in [4.69, 9.17) is 9.47 Å². The number of anilines is 1. The molecule has 1 aromatic carbocycles. The second-order valence-electron chi connectivity index (χ2n) is 5.43. The van der Waals surface area contributed by atoms with Crippen molar-refractivity contribution in [2.75, 3.05) is 25.2 Å². The van der Waals surface area contributed by atoms with Crippen LogP contribution >= 0.6 is 0 Å². The Balaban J connectivity index is 2.31. The Morgan fingerprint density at radius 3 is 2.58 bits per heavy atom. The molecule has 1 saturated heterocycles. The zero-order chi connectivity index (χ0) is 19.1. The zero-order valence-corrected chi connectivity index (χ0v) is 14.0. The summed E-state index contributed by atoms with van der Waals surface area (Å²) in [5.41, 5.74) is 1.60. The van der Waals surface area contributed by atoms with Crippen LogP contribution in [0.2, 0.25) is 0 Å². The summed E-state index contributed by atoms with van der Waals surface area (Å²) in [7, 11) is 0. The van der Waals surface area contributed by atoms with E-state index in [0.29, 0.717) is 26.1 Å². The van der Waals surface area contributed by atoms with Crippen LogP contribution in [-0.2, 0) is 14.3 Å². The monoisotopic (exact) mass is 366 g/mol. The number of hydrogen-bond donors (Lipinski definition) is 1. The maximum atomic E-state index is 12.2. The molecule has 1 aromatic rings. The molecule has 140 valence electrons. The molecule has 2 rings (SSSR count). The number of nitrogens with one attached hydrogen (secondary N) is 1. The topological polar surface area (TPSA) is 146 Å². The van der Waals surface area contributed by atoms with Gasteiger partial charge in [0.2, 0.25) is 0 Å². The third-order valence-corrected chi connectivity index (χ3v) is 3.78. The van der Waals surface area contributed by atoms with Crippen LogP contribution in [0.15, 0.2) is 23.3 Å². The third kappa shape index (κ3) is 4.72. The third-order valence-electron chi connectivity index (χ3n) is 3.78. The number of nitrogens with zero attached hydrogens (tertiary/aromatic N) is 3. The quantitative estimate of drug-likeness (QED) is 0.334. The number of rotatable bonds is 7. The number of nitro benzene ring substituents is 2. The fourth-order valence-electron chi connectivity index (χ4n) is 2.48. The summed E-state index contributed by atoms with van der Waals surface area (Å²) in [6, 6.07) is 3.12. The zero-order valence-electron chi connectivity index (χ0n) is 14.0. The van der Waals surface area contributed by atoms with Crippen molar-refractivity contribution in [1.82, 2.24) is 0 Å². The molecular formula is C15H18N4O7. The molecule has 0 spiro atoms. The molecule has 1 N–H and O–H groups in total. The highest BCUT2D eigenvalue weighted by Gasteiger charge is 2.27. The normalized spacial score (nSPS) is 15.3. The first-order valence-corrected chi connectivity index (χ1v) is 7.95. The van der Waals surface area contributed by atoms with Crippen molar-refractivity contribution in [3.05, 3.63) is 38.4 Å². The fourth-order valence-corrected chi connectivity index (χ4v) is 2.48. The Hall–Kier alpha value is -3.08. The number of nitro groups is 2. The van der Waals surface area contributed by atoms with Gasteiger partial charge in [-0.15, -0.1) is 0 Å². The van der Waals surface area contributed by atoms with Gasteiger partial charge in [0.05, 0.1) is 22.5 Å². The highest BCUT2D eigenvalue weighted by Crippen LogP contribution is 2.29. The fraction of sp³-hybridized carbons (Fsp3) is 0.467. The Labute approximate surface area is 148 Å². The van der Waals surface area contributed by atoms with Crippen LogP contribution in [0.3, 0.4) is 0 Å². The number of carbonyl (C=O) groups is 1. The van der Waals surface area contributed by atoms with Crippen molar-refractivity contribution in [2.45, 2.75) is 19.8 Å². The SMILES string of the molecule is CCOC(=O)/C(=N/Nc1ccc([N+](=O)[O-])cc1[N+](=O)[O-])C1CCOCC1. The number of hydrazone groups is 1. The molecule has 1 aliphatic rings. The van der Waals surface area contributed by atoms with Gasteiger partial charge < -0.3 is 9.47 Å². The van der Waals surface area contributed by atoms with Crippen LogP contribution in [0.5, 0.6) is 0 Å². The van der Waals surface area contributed by atoms with E-state index in [1.54, 1.807) is 6.92 Å². The molecule has 11 heteroatoms. The standard InChI is InChI=1S/C15H18N4O7/c1-2-26-15(20)14(10-5-7-25-8-6-10)17-16-12-4-3-11(18(21)22)9-13(12)19(23)24/h3-4,9-10,16H,2,5-8H2,1H3/b17-14+. The predicted octanol–water partition coefficient (Wildman–Crippen LogP) is 2.26. The first-order valence-electron chi connectivity index (χ1n) is 7.95. The van der Waals surface area contributed by atoms with Gasteiger partial charge in [0.15, 0.2) is 0 Å². The van der Waals surface area contributed by atoms with Gasteiger partial charge in [-0.2, -0.15) is 5.10 Å². The Morgan fingerprint density at radius 2 is 2.00 bits per heavy atom. The highest BCUT2D eigenvalue weighted by molar-refractivity contribution is 6.37. The van der Waals surface area contributed by atoms with Crippen LogP contribution in [0.4, 0.5) is 17.1 Å². The van der Waals surface area contributed by atoms with Crippen LogP contribution in [0.1, 0.15) is 19.8 Å². The van der Waals surface area contributed by atoms with Gasteiger partial charge in [0.1, 0.15) is 11.4 Å². The summed E-state index contributed by atoms with van der Waals surface area (Å²) in [6.07, 6.45) is 1.14. The summed E-state index contributed by atoms with van der Waals surface area (Å²) in [5, 5.41) is 26.0. The smallest absolute Gasteiger partial charge is 0.354 e. The van der Waals surface area contributed by atoms with Crippen molar-refractivity contribution in [2.24, 2.45) is 11.0 Å². The Morgan fingerprint density at radius 1 is 1.31 bits per heavy atom. The van der Waals surface area contributed by atoms with Crippen LogP contribution in [-0.4, -0.2) is 41.3 Å². The first kappa shape index (κ1) is 19.2. The van der Waals surface area contributed by atoms with Gasteiger partial charge in [-0.25, -0.2) is 4.79 Å². The lowest BCUT2D eigenvalue weighted by Crippen LogP contribution is -2.31. The van der Waals surface area contributed by atoms with Gasteiger partial charge in [-0.1, -0.05) is 0 Å². The lowest BCUT2D eigenvalue weighted by atomic mass is 9.95. The van der Waals surface area contributed by atoms with Gasteiger partial charge in [0, 0.05) is 25.2 Å². The molecule has 1 heterocycles. The molecule has 0 saturated carbocycles. The molecule has 0 radical (unpaired) electrons. The van der Waals surface area contributed by atoms with Crippen molar-refractivity contribution in [3.8, 4) is 0 Å². The summed E-state index contributed by atoms with van der Waals surface area (Å²) >= 11 is 0. The van der Waals surface area contributed by atoms with Crippen LogP contribution < -0.4 is 5.43 Å². The number of benzene rings is 1. The molecule has 0 unspecified atom stereocenters. The van der Waals surface area contributed by atoms with Gasteiger partial charge in [-0.3, -0.25) is 25.7 Å². The number of carbonyl (C=O) groups excluding carboxylic acids is 1. The second-order valence-corrected chi connectivity index (χ2v) is 5.43. The largest absolute Gasteiger partial charge is 0.461 e. The van der Waals surface area contributed by atoms with Crippen LogP contribution in [0, 0.1) is 26.1 Å². The average molecular weight is 366 g/mol. The van der Waals surface area contributed by atoms with Crippen molar-refractivity contribution in [1.29, 1.82) is 0 Å². The van der Waals surface area contributed by atoms with Crippen molar-refractivity contribution < 1.29 is 24.1 Å². The lowest BCUT2D eigenvalue weighted by molar-refractivity contribution is -0.393. The van der Waals surface area contributed by atoms with E-state index < -0.39 is 27.2 Å². The minimum Gasteiger partial charge on any atom is -0.461 e. The maximum Gasteiger partial charge on any atom is 0.354 e. The van der Waals surface area contributed by atoms with E-state index >= 15 is 0 Å². The van der Waals surface area contributed by atoms with E-state index in [9.17, 15) is 25.0 Å².